The molecule has 1 aromatic heterocycles. The van der Waals surface area contributed by atoms with Crippen molar-refractivity contribution in [1.29, 1.82) is 0 Å². The second-order valence-electron chi connectivity index (χ2n) is 4.59. The van der Waals surface area contributed by atoms with E-state index < -0.39 is 5.97 Å². The van der Waals surface area contributed by atoms with Crippen molar-refractivity contribution in [2.45, 2.75) is 31.7 Å². The smallest absolute Gasteiger partial charge is 0.356 e. The van der Waals surface area contributed by atoms with Crippen molar-refractivity contribution in [3.05, 3.63) is 17.8 Å². The van der Waals surface area contributed by atoms with Gasteiger partial charge in [0.05, 0.1) is 0 Å². The molecule has 6 nitrogen and oxygen atoms in total. The Kier molecular flexibility index (Phi) is 4.09. The lowest BCUT2D eigenvalue weighted by Crippen LogP contribution is -2.34. The van der Waals surface area contributed by atoms with E-state index in [1.54, 1.807) is 6.07 Å². The second-order valence-corrected chi connectivity index (χ2v) is 4.59. The fraction of sp³-hybridized carbons (Fsp3) is 0.583. The molecule has 0 amide bonds. The summed E-state index contributed by atoms with van der Waals surface area (Å²) in [5, 5.41) is 28.7. The SMILES string of the molecule is O=C(O)c1ccc(NC2CCCCC2CO)nn1. The highest BCUT2D eigenvalue weighted by Crippen LogP contribution is 2.26. The molecule has 1 saturated carbocycles. The lowest BCUT2D eigenvalue weighted by atomic mass is 9.85. The van der Waals surface area contributed by atoms with Crippen LogP contribution in [-0.2, 0) is 0 Å². The molecule has 1 fully saturated rings. The molecule has 2 unspecified atom stereocenters. The van der Waals surface area contributed by atoms with Gasteiger partial charge in [0.2, 0.25) is 0 Å². The number of hydrogen-bond acceptors (Lipinski definition) is 5. The zero-order valence-electron chi connectivity index (χ0n) is 10.0. The largest absolute Gasteiger partial charge is 0.476 e. The number of aromatic nitrogens is 2. The lowest BCUT2D eigenvalue weighted by molar-refractivity contribution is 0.0689. The van der Waals surface area contributed by atoms with Crippen LogP contribution in [0.5, 0.6) is 0 Å². The maximum absolute atomic E-state index is 10.6. The third kappa shape index (κ3) is 2.95. The summed E-state index contributed by atoms with van der Waals surface area (Å²) >= 11 is 0. The summed E-state index contributed by atoms with van der Waals surface area (Å²) in [5.41, 5.74) is -0.0668. The maximum Gasteiger partial charge on any atom is 0.356 e. The molecular weight excluding hydrogens is 234 g/mol. The monoisotopic (exact) mass is 251 g/mol. The number of carbonyl (C=O) groups is 1. The predicted molar refractivity (Wildman–Crippen MR) is 65.4 cm³/mol. The number of carboxylic acid groups (broad SMARTS) is 1. The lowest BCUT2D eigenvalue weighted by Gasteiger charge is -2.31. The van der Waals surface area contributed by atoms with E-state index in [1.165, 1.54) is 6.07 Å². The van der Waals surface area contributed by atoms with Crippen molar-refractivity contribution in [1.82, 2.24) is 10.2 Å². The van der Waals surface area contributed by atoms with Crippen molar-refractivity contribution < 1.29 is 15.0 Å². The summed E-state index contributed by atoms with van der Waals surface area (Å²) in [7, 11) is 0. The Bertz CT molecular complexity index is 408. The number of anilines is 1. The second kappa shape index (κ2) is 5.77. The number of hydrogen-bond donors (Lipinski definition) is 3. The van der Waals surface area contributed by atoms with Crippen LogP contribution in [0.25, 0.3) is 0 Å². The molecule has 1 aliphatic carbocycles. The molecule has 18 heavy (non-hydrogen) atoms. The first-order valence-corrected chi connectivity index (χ1v) is 6.15. The van der Waals surface area contributed by atoms with Gasteiger partial charge in [-0.05, 0) is 25.0 Å². The number of nitrogens with zero attached hydrogens (tertiary/aromatic N) is 2. The molecule has 1 aliphatic rings. The zero-order valence-corrected chi connectivity index (χ0v) is 10.0. The van der Waals surface area contributed by atoms with E-state index in [-0.39, 0.29) is 24.3 Å². The Balaban J connectivity index is 2.01. The Morgan fingerprint density at radius 2 is 2.11 bits per heavy atom. The van der Waals surface area contributed by atoms with E-state index in [2.05, 4.69) is 15.5 Å². The molecule has 0 radical (unpaired) electrons. The van der Waals surface area contributed by atoms with Gasteiger partial charge >= 0.3 is 5.97 Å². The number of rotatable bonds is 4. The molecule has 2 atom stereocenters. The molecule has 1 heterocycles. The summed E-state index contributed by atoms with van der Waals surface area (Å²) in [6.45, 7) is 0.165. The fourth-order valence-corrected chi connectivity index (χ4v) is 2.33. The van der Waals surface area contributed by atoms with Gasteiger partial charge in [-0.15, -0.1) is 10.2 Å². The summed E-state index contributed by atoms with van der Waals surface area (Å²) in [6.07, 6.45) is 4.28. The van der Waals surface area contributed by atoms with Crippen molar-refractivity contribution in [3.8, 4) is 0 Å². The summed E-state index contributed by atoms with van der Waals surface area (Å²) in [6, 6.07) is 3.22. The molecule has 0 saturated heterocycles. The van der Waals surface area contributed by atoms with Gasteiger partial charge in [-0.3, -0.25) is 0 Å². The van der Waals surface area contributed by atoms with Gasteiger partial charge in [0.25, 0.3) is 0 Å². The molecule has 0 bridgehead atoms. The van der Waals surface area contributed by atoms with E-state index in [0.717, 1.165) is 25.7 Å². The van der Waals surface area contributed by atoms with Crippen LogP contribution in [0.3, 0.4) is 0 Å². The van der Waals surface area contributed by atoms with Crippen molar-refractivity contribution in [3.63, 3.8) is 0 Å². The topological polar surface area (TPSA) is 95.3 Å². The molecule has 6 heteroatoms. The third-order valence-electron chi connectivity index (χ3n) is 3.36. The first-order valence-electron chi connectivity index (χ1n) is 6.15. The van der Waals surface area contributed by atoms with Crippen LogP contribution in [-0.4, -0.2) is 39.0 Å². The van der Waals surface area contributed by atoms with Gasteiger partial charge < -0.3 is 15.5 Å². The molecule has 0 spiro atoms. The van der Waals surface area contributed by atoms with E-state index in [4.69, 9.17) is 5.11 Å². The van der Waals surface area contributed by atoms with Gasteiger partial charge in [-0.25, -0.2) is 4.79 Å². The van der Waals surface area contributed by atoms with Gasteiger partial charge in [0, 0.05) is 18.6 Å². The normalized spacial score (nSPS) is 23.6. The molecule has 98 valence electrons. The number of carboxylic acids is 1. The van der Waals surface area contributed by atoms with Crippen LogP contribution in [0, 0.1) is 5.92 Å². The molecule has 3 N–H and O–H groups in total. The first kappa shape index (κ1) is 12.8. The molecule has 0 aliphatic heterocycles. The Morgan fingerprint density at radius 3 is 2.72 bits per heavy atom. The average molecular weight is 251 g/mol. The minimum absolute atomic E-state index is 0.0668. The first-order chi connectivity index (χ1) is 8.70. The van der Waals surface area contributed by atoms with E-state index in [0.29, 0.717) is 5.82 Å². The van der Waals surface area contributed by atoms with E-state index >= 15 is 0 Å². The Morgan fingerprint density at radius 1 is 1.33 bits per heavy atom. The Labute approximate surface area is 105 Å². The number of aromatic carboxylic acids is 1. The van der Waals surface area contributed by atoms with Crippen LogP contribution in [0.2, 0.25) is 0 Å². The van der Waals surface area contributed by atoms with Crippen LogP contribution in [0.4, 0.5) is 5.82 Å². The summed E-state index contributed by atoms with van der Waals surface area (Å²) in [4.78, 5) is 10.6. The van der Waals surface area contributed by atoms with Crippen molar-refractivity contribution in [2.24, 2.45) is 5.92 Å². The quantitative estimate of drug-likeness (QED) is 0.742. The highest BCUT2D eigenvalue weighted by Gasteiger charge is 2.24. The standard InChI is InChI=1S/C12H17N3O3/c16-7-8-3-1-2-4-9(8)13-11-6-5-10(12(17)18)14-15-11/h5-6,8-9,16H,1-4,7H2,(H,13,15)(H,17,18). The average Bonchev–Trinajstić information content (AvgIpc) is 2.40. The molecular formula is C12H17N3O3. The molecule has 2 rings (SSSR count). The maximum atomic E-state index is 10.6. The van der Waals surface area contributed by atoms with Crippen LogP contribution < -0.4 is 5.32 Å². The van der Waals surface area contributed by atoms with Gasteiger partial charge in [-0.2, -0.15) is 0 Å². The van der Waals surface area contributed by atoms with Crippen LogP contribution in [0.15, 0.2) is 12.1 Å². The van der Waals surface area contributed by atoms with E-state index in [1.807, 2.05) is 0 Å². The zero-order chi connectivity index (χ0) is 13.0. The molecule has 1 aromatic rings. The van der Waals surface area contributed by atoms with Gasteiger partial charge in [0.15, 0.2) is 5.69 Å². The third-order valence-corrected chi connectivity index (χ3v) is 3.36. The summed E-state index contributed by atoms with van der Waals surface area (Å²) in [5.74, 6) is -0.287. The van der Waals surface area contributed by atoms with E-state index in [9.17, 15) is 9.90 Å². The predicted octanol–water partition coefficient (Wildman–Crippen LogP) is 1.14. The minimum Gasteiger partial charge on any atom is -0.476 e. The highest BCUT2D eigenvalue weighted by molar-refractivity contribution is 5.85. The number of aliphatic hydroxyl groups excluding tert-OH is 1. The van der Waals surface area contributed by atoms with Gasteiger partial charge in [0.1, 0.15) is 5.82 Å². The van der Waals surface area contributed by atoms with Crippen LogP contribution >= 0.6 is 0 Å². The van der Waals surface area contributed by atoms with Crippen molar-refractivity contribution in [2.75, 3.05) is 11.9 Å². The highest BCUT2D eigenvalue weighted by atomic mass is 16.4. The fourth-order valence-electron chi connectivity index (χ4n) is 2.33. The minimum atomic E-state index is -1.08. The number of nitrogens with one attached hydrogen (secondary N) is 1. The van der Waals surface area contributed by atoms with Crippen molar-refractivity contribution >= 4 is 11.8 Å². The Hall–Kier alpha value is -1.69. The molecule has 0 aromatic carbocycles. The number of aliphatic hydroxyl groups is 1. The van der Waals surface area contributed by atoms with Crippen LogP contribution in [0.1, 0.15) is 36.2 Å². The van der Waals surface area contributed by atoms with Gasteiger partial charge in [-0.1, -0.05) is 12.8 Å². The summed E-state index contributed by atoms with van der Waals surface area (Å²) < 4.78 is 0.